The molecule has 186 valence electrons. The predicted molar refractivity (Wildman–Crippen MR) is 134 cm³/mol. The van der Waals surface area contributed by atoms with Crippen molar-refractivity contribution in [1.82, 2.24) is 9.88 Å². The topological polar surface area (TPSA) is 101 Å². The van der Waals surface area contributed by atoms with Crippen molar-refractivity contribution in [2.24, 2.45) is 0 Å². The number of unbranched alkanes of at least 4 members (excludes halogenated alkanes) is 1. The lowest BCUT2D eigenvalue weighted by molar-refractivity contribution is 0.0766. The molecule has 0 aliphatic carbocycles. The van der Waals surface area contributed by atoms with E-state index in [4.69, 9.17) is 14.2 Å². The van der Waals surface area contributed by atoms with Crippen LogP contribution in [0.2, 0.25) is 0 Å². The van der Waals surface area contributed by atoms with Gasteiger partial charge in [-0.2, -0.15) is 0 Å². The minimum absolute atomic E-state index is 0.234. The summed E-state index contributed by atoms with van der Waals surface area (Å²) in [5, 5.41) is 22.1. The summed E-state index contributed by atoms with van der Waals surface area (Å²) in [5.74, 6) is 0.118. The first-order valence-corrected chi connectivity index (χ1v) is 11.5. The Hall–Kier alpha value is -3.94. The summed E-state index contributed by atoms with van der Waals surface area (Å²) in [7, 11) is 4.60. The number of methoxy groups -OCH3 is 2. The van der Waals surface area contributed by atoms with Crippen molar-refractivity contribution in [2.45, 2.75) is 26.2 Å². The van der Waals surface area contributed by atoms with E-state index in [0.29, 0.717) is 40.5 Å². The van der Waals surface area contributed by atoms with Crippen LogP contribution < -0.4 is 14.2 Å². The van der Waals surface area contributed by atoms with Crippen molar-refractivity contribution in [1.29, 1.82) is 0 Å². The van der Waals surface area contributed by atoms with E-state index in [-0.39, 0.29) is 24.5 Å². The van der Waals surface area contributed by atoms with Gasteiger partial charge in [0.1, 0.15) is 35.2 Å². The van der Waals surface area contributed by atoms with E-state index < -0.39 is 11.8 Å². The lowest BCUT2D eigenvalue weighted by atomic mass is 9.95. The zero-order chi connectivity index (χ0) is 25.4. The molecule has 0 atom stereocenters. The number of likely N-dealkylation sites (N-methyl/N-ethyl adjacent to an activating group) is 1. The van der Waals surface area contributed by atoms with Crippen molar-refractivity contribution in [3.8, 4) is 40.0 Å². The fourth-order valence-corrected chi connectivity index (χ4v) is 3.80. The van der Waals surface area contributed by atoms with Crippen LogP contribution in [-0.4, -0.2) is 60.4 Å². The Balaban J connectivity index is 2.01. The van der Waals surface area contributed by atoms with Crippen LogP contribution in [0.3, 0.4) is 0 Å². The molecular formula is C27H32N2O6. The van der Waals surface area contributed by atoms with Crippen LogP contribution in [0, 0.1) is 0 Å². The number of aryl methyl sites for hydroxylation is 1. The molecule has 1 heterocycles. The van der Waals surface area contributed by atoms with Gasteiger partial charge < -0.3 is 29.3 Å². The van der Waals surface area contributed by atoms with E-state index >= 15 is 0 Å². The maximum atomic E-state index is 13.3. The van der Waals surface area contributed by atoms with Crippen LogP contribution in [0.25, 0.3) is 11.1 Å². The van der Waals surface area contributed by atoms with E-state index in [1.807, 2.05) is 37.3 Å². The summed E-state index contributed by atoms with van der Waals surface area (Å²) >= 11 is 0. The Bertz CT molecular complexity index is 1130. The lowest BCUT2D eigenvalue weighted by Gasteiger charge is -2.22. The number of aromatic hydroxyl groups is 2. The molecule has 35 heavy (non-hydrogen) atoms. The highest BCUT2D eigenvalue weighted by Gasteiger charge is 2.30. The number of aromatic nitrogens is 1. The summed E-state index contributed by atoms with van der Waals surface area (Å²) in [5.41, 5.74) is 0.951. The molecule has 1 amide bonds. The van der Waals surface area contributed by atoms with Crippen LogP contribution in [0.1, 0.15) is 35.8 Å². The normalized spacial score (nSPS) is 10.6. The summed E-state index contributed by atoms with van der Waals surface area (Å²) in [6.07, 6.45) is 2.15. The van der Waals surface area contributed by atoms with Crippen molar-refractivity contribution >= 4 is 5.91 Å². The van der Waals surface area contributed by atoms with E-state index in [9.17, 15) is 15.0 Å². The van der Waals surface area contributed by atoms with Gasteiger partial charge in [0.15, 0.2) is 0 Å². The minimum atomic E-state index is -0.582. The summed E-state index contributed by atoms with van der Waals surface area (Å²) < 4.78 is 16.7. The van der Waals surface area contributed by atoms with Crippen LogP contribution in [-0.2, 0) is 6.42 Å². The number of hydrogen-bond acceptors (Lipinski definition) is 7. The SMILES string of the molecule is CCCCc1nc(O)c(C(=O)N(C)CCOc2ccccc2)c(O)c1-c1c(OC)cccc1OC. The van der Waals surface area contributed by atoms with Gasteiger partial charge >= 0.3 is 0 Å². The highest BCUT2D eigenvalue weighted by Crippen LogP contribution is 2.47. The van der Waals surface area contributed by atoms with Gasteiger partial charge in [-0.25, -0.2) is 4.98 Å². The number of rotatable bonds is 11. The second-order valence-corrected chi connectivity index (χ2v) is 8.01. The zero-order valence-electron chi connectivity index (χ0n) is 20.6. The number of carbonyl (C=O) groups excluding carboxylic acids is 1. The van der Waals surface area contributed by atoms with Crippen LogP contribution in [0.15, 0.2) is 48.5 Å². The fourth-order valence-electron chi connectivity index (χ4n) is 3.80. The van der Waals surface area contributed by atoms with Gasteiger partial charge in [-0.15, -0.1) is 0 Å². The molecule has 0 saturated carbocycles. The van der Waals surface area contributed by atoms with Crippen molar-refractivity contribution in [3.05, 3.63) is 59.8 Å². The largest absolute Gasteiger partial charge is 0.506 e. The van der Waals surface area contributed by atoms with Crippen LogP contribution in [0.4, 0.5) is 0 Å². The second kappa shape index (κ2) is 12.0. The van der Waals surface area contributed by atoms with Gasteiger partial charge in [-0.05, 0) is 37.1 Å². The molecule has 2 aromatic carbocycles. The smallest absolute Gasteiger partial charge is 0.263 e. The molecule has 3 aromatic rings. The molecule has 0 aliphatic heterocycles. The van der Waals surface area contributed by atoms with E-state index in [0.717, 1.165) is 12.8 Å². The molecule has 0 bridgehead atoms. The molecule has 0 aliphatic rings. The van der Waals surface area contributed by atoms with Crippen molar-refractivity contribution in [3.63, 3.8) is 0 Å². The Labute approximate surface area is 205 Å². The number of hydrogen-bond donors (Lipinski definition) is 2. The van der Waals surface area contributed by atoms with E-state index in [2.05, 4.69) is 4.98 Å². The Morgan fingerprint density at radius 2 is 1.63 bits per heavy atom. The maximum Gasteiger partial charge on any atom is 0.263 e. The van der Waals surface area contributed by atoms with Crippen molar-refractivity contribution < 1.29 is 29.2 Å². The minimum Gasteiger partial charge on any atom is -0.506 e. The van der Waals surface area contributed by atoms with E-state index in [1.54, 1.807) is 25.2 Å². The van der Waals surface area contributed by atoms with Crippen molar-refractivity contribution in [2.75, 3.05) is 34.4 Å². The third kappa shape index (κ3) is 5.77. The summed E-state index contributed by atoms with van der Waals surface area (Å²) in [4.78, 5) is 19.0. The maximum absolute atomic E-state index is 13.3. The number of benzene rings is 2. The highest BCUT2D eigenvalue weighted by atomic mass is 16.5. The summed E-state index contributed by atoms with van der Waals surface area (Å²) in [6.45, 7) is 2.51. The Kier molecular flexibility index (Phi) is 8.78. The van der Waals surface area contributed by atoms with Crippen LogP contribution in [0.5, 0.6) is 28.9 Å². The third-order valence-corrected chi connectivity index (χ3v) is 5.67. The monoisotopic (exact) mass is 480 g/mol. The molecule has 0 saturated heterocycles. The van der Waals surface area contributed by atoms with Gasteiger partial charge in [-0.1, -0.05) is 37.6 Å². The molecule has 8 nitrogen and oxygen atoms in total. The third-order valence-electron chi connectivity index (χ3n) is 5.67. The lowest BCUT2D eigenvalue weighted by Crippen LogP contribution is -2.31. The molecule has 0 fully saturated rings. The average molecular weight is 481 g/mol. The number of para-hydroxylation sites is 1. The molecule has 1 aromatic heterocycles. The number of pyridine rings is 1. The number of carbonyl (C=O) groups is 1. The quantitative estimate of drug-likeness (QED) is 0.411. The zero-order valence-corrected chi connectivity index (χ0v) is 20.6. The first-order valence-electron chi connectivity index (χ1n) is 11.5. The Morgan fingerprint density at radius 1 is 0.971 bits per heavy atom. The van der Waals surface area contributed by atoms with E-state index in [1.165, 1.54) is 19.1 Å². The molecular weight excluding hydrogens is 448 g/mol. The van der Waals surface area contributed by atoms with Gasteiger partial charge in [0, 0.05) is 7.05 Å². The molecule has 0 spiro atoms. The van der Waals surface area contributed by atoms with Gasteiger partial charge in [0.2, 0.25) is 5.88 Å². The average Bonchev–Trinajstić information content (AvgIpc) is 2.87. The van der Waals surface area contributed by atoms with Gasteiger partial charge in [0.05, 0.1) is 37.6 Å². The summed E-state index contributed by atoms with van der Waals surface area (Å²) in [6, 6.07) is 14.5. The van der Waals surface area contributed by atoms with Gasteiger partial charge in [0.25, 0.3) is 5.91 Å². The molecule has 2 N–H and O–H groups in total. The molecule has 3 rings (SSSR count). The highest BCUT2D eigenvalue weighted by molar-refractivity contribution is 6.02. The Morgan fingerprint density at radius 3 is 2.23 bits per heavy atom. The molecule has 0 radical (unpaired) electrons. The first-order chi connectivity index (χ1) is 16.9. The number of amides is 1. The number of ether oxygens (including phenoxy) is 3. The molecule has 0 unspecified atom stereocenters. The predicted octanol–water partition coefficient (Wildman–Crippen LogP) is 4.67. The van der Waals surface area contributed by atoms with Gasteiger partial charge in [-0.3, -0.25) is 4.79 Å². The first kappa shape index (κ1) is 25.7. The second-order valence-electron chi connectivity index (χ2n) is 8.01. The fraction of sp³-hybridized carbons (Fsp3) is 0.333. The number of nitrogens with zero attached hydrogens (tertiary/aromatic N) is 2. The molecule has 8 heteroatoms. The standard InChI is InChI=1S/C27H32N2O6/c1-5-6-13-19-22(23-20(33-3)14-10-15-21(23)34-4)25(30)24(26(31)28-19)27(32)29(2)16-17-35-18-11-8-7-9-12-18/h7-12,14-15H,5-6,13,16-17H2,1-4H3,(H2,28,30,31). The van der Waals surface area contributed by atoms with Crippen LogP contribution >= 0.6 is 0 Å².